The molecule has 1 atom stereocenters. The summed E-state index contributed by atoms with van der Waals surface area (Å²) < 4.78 is 0. The van der Waals surface area contributed by atoms with E-state index in [1.807, 2.05) is 37.6 Å². The summed E-state index contributed by atoms with van der Waals surface area (Å²) in [5.74, 6) is 1.73. The number of hydrogen-bond acceptors (Lipinski definition) is 6. The Bertz CT molecular complexity index is 782. The third kappa shape index (κ3) is 6.17. The standard InChI is InChI=1S/C22H34N6OS/c1-4-23-21(26-17-22(3,29)19-7-6-14-30-19)25-16-18-8-9-20(24-15-18)28-12-10-27(5-2)11-13-28/h6-9,14-15,29H,4-5,10-13,16-17H2,1-3H3,(H2,23,25,26). The summed E-state index contributed by atoms with van der Waals surface area (Å²) in [6.07, 6.45) is 1.91. The molecular formula is C22H34N6OS. The van der Waals surface area contributed by atoms with Crippen molar-refractivity contribution in [2.24, 2.45) is 4.99 Å². The van der Waals surface area contributed by atoms with Gasteiger partial charge in [0.1, 0.15) is 11.4 Å². The van der Waals surface area contributed by atoms with Crippen molar-refractivity contribution in [1.82, 2.24) is 20.5 Å². The second-order valence-electron chi connectivity index (χ2n) is 7.75. The van der Waals surface area contributed by atoms with Crippen LogP contribution in [-0.4, -0.2) is 66.8 Å². The largest absolute Gasteiger partial charge is 0.383 e. The summed E-state index contributed by atoms with van der Waals surface area (Å²) in [4.78, 5) is 15.1. The fourth-order valence-electron chi connectivity index (χ4n) is 3.43. The molecule has 0 amide bonds. The number of anilines is 1. The number of piperazine rings is 1. The van der Waals surface area contributed by atoms with Gasteiger partial charge in [0.2, 0.25) is 0 Å². The Morgan fingerprint density at radius 1 is 1.20 bits per heavy atom. The van der Waals surface area contributed by atoms with E-state index in [0.29, 0.717) is 19.0 Å². The van der Waals surface area contributed by atoms with Crippen molar-refractivity contribution in [2.75, 3.05) is 50.7 Å². The molecule has 0 aliphatic carbocycles. The van der Waals surface area contributed by atoms with Gasteiger partial charge in [-0.2, -0.15) is 0 Å². The molecule has 8 heteroatoms. The molecule has 3 heterocycles. The van der Waals surface area contributed by atoms with E-state index in [-0.39, 0.29) is 0 Å². The molecule has 1 unspecified atom stereocenters. The van der Waals surface area contributed by atoms with Crippen LogP contribution >= 0.6 is 11.3 Å². The SMILES string of the molecule is CCNC(=NCc1ccc(N2CCN(CC)CC2)nc1)NCC(C)(O)c1cccs1. The van der Waals surface area contributed by atoms with E-state index >= 15 is 0 Å². The first-order valence-electron chi connectivity index (χ1n) is 10.7. The molecule has 3 N–H and O–H groups in total. The minimum Gasteiger partial charge on any atom is -0.383 e. The van der Waals surface area contributed by atoms with Crippen molar-refractivity contribution in [3.63, 3.8) is 0 Å². The average molecular weight is 431 g/mol. The van der Waals surface area contributed by atoms with Crippen LogP contribution < -0.4 is 15.5 Å². The minimum atomic E-state index is -0.935. The lowest BCUT2D eigenvalue weighted by Crippen LogP contribution is -2.46. The van der Waals surface area contributed by atoms with E-state index < -0.39 is 5.60 Å². The Morgan fingerprint density at radius 3 is 2.60 bits per heavy atom. The summed E-state index contributed by atoms with van der Waals surface area (Å²) in [6.45, 7) is 13.1. The Labute approximate surface area is 183 Å². The van der Waals surface area contributed by atoms with Gasteiger partial charge < -0.3 is 25.5 Å². The second kappa shape index (κ2) is 10.7. The maximum Gasteiger partial charge on any atom is 0.191 e. The fourth-order valence-corrected chi connectivity index (χ4v) is 4.22. The molecule has 1 aliphatic rings. The van der Waals surface area contributed by atoms with Gasteiger partial charge in [-0.05, 0) is 43.5 Å². The highest BCUT2D eigenvalue weighted by Crippen LogP contribution is 2.24. The number of likely N-dealkylation sites (N-methyl/N-ethyl adjacent to an activating group) is 1. The van der Waals surface area contributed by atoms with Crippen LogP contribution in [0.1, 0.15) is 31.2 Å². The van der Waals surface area contributed by atoms with Crippen LogP contribution in [0.2, 0.25) is 0 Å². The molecule has 7 nitrogen and oxygen atoms in total. The number of nitrogens with zero attached hydrogens (tertiary/aromatic N) is 4. The molecule has 0 radical (unpaired) electrons. The lowest BCUT2D eigenvalue weighted by molar-refractivity contribution is 0.0655. The smallest absolute Gasteiger partial charge is 0.191 e. The van der Waals surface area contributed by atoms with Gasteiger partial charge in [-0.1, -0.05) is 19.1 Å². The van der Waals surface area contributed by atoms with Crippen LogP contribution in [0.15, 0.2) is 40.8 Å². The van der Waals surface area contributed by atoms with Gasteiger partial charge in [-0.25, -0.2) is 9.98 Å². The number of thiophene rings is 1. The molecule has 30 heavy (non-hydrogen) atoms. The summed E-state index contributed by atoms with van der Waals surface area (Å²) in [7, 11) is 0. The van der Waals surface area contributed by atoms with E-state index in [0.717, 1.165) is 55.5 Å². The summed E-state index contributed by atoms with van der Waals surface area (Å²) in [5.41, 5.74) is 0.128. The van der Waals surface area contributed by atoms with Gasteiger partial charge in [0, 0.05) is 43.8 Å². The molecule has 3 rings (SSSR count). The first-order chi connectivity index (χ1) is 14.5. The Balaban J connectivity index is 1.55. The van der Waals surface area contributed by atoms with Gasteiger partial charge in [0.25, 0.3) is 0 Å². The third-order valence-electron chi connectivity index (χ3n) is 5.37. The highest BCUT2D eigenvalue weighted by molar-refractivity contribution is 7.10. The summed E-state index contributed by atoms with van der Waals surface area (Å²) >= 11 is 1.55. The van der Waals surface area contributed by atoms with Crippen LogP contribution in [0, 0.1) is 0 Å². The Morgan fingerprint density at radius 2 is 2.00 bits per heavy atom. The second-order valence-corrected chi connectivity index (χ2v) is 8.69. The molecular weight excluding hydrogens is 396 g/mol. The number of aliphatic imine (C=N–C) groups is 1. The number of rotatable bonds is 8. The van der Waals surface area contributed by atoms with Gasteiger partial charge >= 0.3 is 0 Å². The molecule has 0 spiro atoms. The van der Waals surface area contributed by atoms with Crippen molar-refractivity contribution in [1.29, 1.82) is 0 Å². The highest BCUT2D eigenvalue weighted by Gasteiger charge is 2.24. The van der Waals surface area contributed by atoms with Crippen molar-refractivity contribution in [3.8, 4) is 0 Å². The quantitative estimate of drug-likeness (QED) is 0.441. The molecule has 0 bridgehead atoms. The zero-order chi connectivity index (χ0) is 21.4. The molecule has 1 aliphatic heterocycles. The fraction of sp³-hybridized carbons (Fsp3) is 0.545. The molecule has 164 valence electrons. The predicted octanol–water partition coefficient (Wildman–Crippen LogP) is 2.25. The predicted molar refractivity (Wildman–Crippen MR) is 125 cm³/mol. The minimum absolute atomic E-state index is 0.389. The Kier molecular flexibility index (Phi) is 8.07. The number of guanidine groups is 1. The van der Waals surface area contributed by atoms with Crippen molar-refractivity contribution in [3.05, 3.63) is 46.3 Å². The van der Waals surface area contributed by atoms with E-state index in [9.17, 15) is 5.11 Å². The maximum atomic E-state index is 10.7. The van der Waals surface area contributed by atoms with Gasteiger partial charge in [-0.15, -0.1) is 11.3 Å². The number of pyridine rings is 1. The van der Waals surface area contributed by atoms with E-state index in [1.54, 1.807) is 11.3 Å². The van der Waals surface area contributed by atoms with E-state index in [4.69, 9.17) is 0 Å². The normalized spacial score (nSPS) is 17.6. The lowest BCUT2D eigenvalue weighted by atomic mass is 10.1. The van der Waals surface area contributed by atoms with Gasteiger partial charge in [-0.3, -0.25) is 0 Å². The molecule has 2 aromatic rings. The van der Waals surface area contributed by atoms with Crippen molar-refractivity contribution < 1.29 is 5.11 Å². The van der Waals surface area contributed by atoms with Gasteiger partial charge in [0.15, 0.2) is 5.96 Å². The highest BCUT2D eigenvalue weighted by atomic mass is 32.1. The third-order valence-corrected chi connectivity index (χ3v) is 6.49. The number of nitrogens with one attached hydrogen (secondary N) is 2. The molecule has 1 saturated heterocycles. The zero-order valence-electron chi connectivity index (χ0n) is 18.3. The van der Waals surface area contributed by atoms with E-state index in [1.165, 1.54) is 0 Å². The maximum absolute atomic E-state index is 10.7. The summed E-state index contributed by atoms with van der Waals surface area (Å²) in [5, 5.41) is 19.2. The zero-order valence-corrected chi connectivity index (χ0v) is 19.1. The average Bonchev–Trinajstić information content (AvgIpc) is 3.32. The molecule has 1 fully saturated rings. The Hall–Kier alpha value is -2.16. The number of aromatic nitrogens is 1. The van der Waals surface area contributed by atoms with Crippen LogP contribution in [0.25, 0.3) is 0 Å². The topological polar surface area (TPSA) is 76.0 Å². The summed E-state index contributed by atoms with van der Waals surface area (Å²) in [6, 6.07) is 8.09. The van der Waals surface area contributed by atoms with E-state index in [2.05, 4.69) is 49.5 Å². The van der Waals surface area contributed by atoms with Crippen LogP contribution in [0.4, 0.5) is 5.82 Å². The monoisotopic (exact) mass is 430 g/mol. The van der Waals surface area contributed by atoms with Crippen LogP contribution in [0.3, 0.4) is 0 Å². The van der Waals surface area contributed by atoms with Crippen LogP contribution in [-0.2, 0) is 12.1 Å². The van der Waals surface area contributed by atoms with Crippen LogP contribution in [0.5, 0.6) is 0 Å². The van der Waals surface area contributed by atoms with Crippen molar-refractivity contribution >= 4 is 23.1 Å². The first kappa shape index (κ1) is 22.5. The number of aliphatic hydroxyl groups is 1. The molecule has 0 aromatic carbocycles. The molecule has 0 saturated carbocycles. The van der Waals surface area contributed by atoms with Gasteiger partial charge in [0.05, 0.1) is 13.1 Å². The number of hydrogen-bond donors (Lipinski definition) is 3. The first-order valence-corrected chi connectivity index (χ1v) is 11.6. The lowest BCUT2D eigenvalue weighted by Gasteiger charge is -2.34. The van der Waals surface area contributed by atoms with Crippen molar-refractivity contribution in [2.45, 2.75) is 32.9 Å². The molecule has 2 aromatic heterocycles.